The maximum Gasteiger partial charge on any atom is 0.251 e. The van der Waals surface area contributed by atoms with Crippen molar-refractivity contribution in [2.75, 3.05) is 53.0 Å². The van der Waals surface area contributed by atoms with Crippen LogP contribution in [0.25, 0.3) is 0 Å². The molecular weight excluding hydrogens is 396 g/mol. The summed E-state index contributed by atoms with van der Waals surface area (Å²) in [6.45, 7) is 2.68. The van der Waals surface area contributed by atoms with E-state index in [4.69, 9.17) is 4.74 Å². The van der Waals surface area contributed by atoms with Crippen LogP contribution < -0.4 is 16.0 Å². The summed E-state index contributed by atoms with van der Waals surface area (Å²) in [7, 11) is -2.13. The molecule has 1 aliphatic heterocycles. The van der Waals surface area contributed by atoms with E-state index in [9.17, 15) is 18.0 Å². The number of hydrogen-bond donors (Lipinski definition) is 3. The maximum absolute atomic E-state index is 12.5. The fraction of sp³-hybridized carbons (Fsp3) is 0.500. The molecule has 0 aromatic heterocycles. The lowest BCUT2D eigenvalue weighted by molar-refractivity contribution is -0.122. The minimum atomic E-state index is -3.75. The Bertz CT molecular complexity index is 727. The summed E-state index contributed by atoms with van der Waals surface area (Å²) in [5, 5.41) is 8.44. The summed E-state index contributed by atoms with van der Waals surface area (Å²) in [6.07, 6.45) is 0. The zero-order valence-corrected chi connectivity index (χ0v) is 16.7. The monoisotopic (exact) mass is 420 g/mol. The Hall–Kier alpha value is -1.72. The highest BCUT2D eigenvalue weighted by atomic mass is 35.5. The van der Waals surface area contributed by atoms with Crippen molar-refractivity contribution in [1.29, 1.82) is 0 Å². The van der Waals surface area contributed by atoms with Crippen molar-refractivity contribution in [2.24, 2.45) is 0 Å². The fourth-order valence-electron chi connectivity index (χ4n) is 2.41. The minimum absolute atomic E-state index is 0. The second kappa shape index (κ2) is 11.2. The number of amides is 2. The van der Waals surface area contributed by atoms with Crippen molar-refractivity contribution in [2.45, 2.75) is 4.90 Å². The van der Waals surface area contributed by atoms with Gasteiger partial charge in [0, 0.05) is 45.4 Å². The zero-order valence-electron chi connectivity index (χ0n) is 15.1. The number of rotatable bonds is 9. The molecule has 3 N–H and O–H groups in total. The van der Waals surface area contributed by atoms with Gasteiger partial charge in [0.25, 0.3) is 5.91 Å². The molecule has 0 saturated carbocycles. The first-order valence-corrected chi connectivity index (χ1v) is 9.74. The number of ether oxygens (including phenoxy) is 1. The van der Waals surface area contributed by atoms with Crippen molar-refractivity contribution >= 4 is 34.2 Å². The standard InChI is InChI=1S/C16H24N4O5S.ClH/c1-25-11-9-17-6-7-19-16(22)13-2-4-14(5-3-13)26(23,24)20-10-8-18-15(21)12-20;/h2-5,17H,6-12H2,1H3,(H,18,21)(H,19,22);1H. The molecule has 152 valence electrons. The molecule has 9 nitrogen and oxygen atoms in total. The van der Waals surface area contributed by atoms with Crippen LogP contribution >= 0.6 is 12.4 Å². The van der Waals surface area contributed by atoms with E-state index in [0.717, 1.165) is 4.31 Å². The van der Waals surface area contributed by atoms with Crippen LogP contribution in [0.4, 0.5) is 0 Å². The van der Waals surface area contributed by atoms with E-state index in [0.29, 0.717) is 31.8 Å². The van der Waals surface area contributed by atoms with Crippen LogP contribution in [-0.4, -0.2) is 77.5 Å². The van der Waals surface area contributed by atoms with Crippen LogP contribution in [0.15, 0.2) is 29.2 Å². The van der Waals surface area contributed by atoms with Crippen LogP contribution in [0.2, 0.25) is 0 Å². The van der Waals surface area contributed by atoms with Gasteiger partial charge in [-0.1, -0.05) is 0 Å². The predicted octanol–water partition coefficient (Wildman–Crippen LogP) is -0.805. The van der Waals surface area contributed by atoms with Gasteiger partial charge in [0.15, 0.2) is 0 Å². The number of benzene rings is 1. The normalized spacial score (nSPS) is 14.9. The molecule has 1 heterocycles. The largest absolute Gasteiger partial charge is 0.383 e. The van der Waals surface area contributed by atoms with Crippen molar-refractivity contribution < 1.29 is 22.7 Å². The van der Waals surface area contributed by atoms with Crippen LogP contribution in [0.3, 0.4) is 0 Å². The molecule has 0 atom stereocenters. The molecule has 0 aliphatic carbocycles. The Morgan fingerprint density at radius 1 is 1.22 bits per heavy atom. The Morgan fingerprint density at radius 2 is 1.93 bits per heavy atom. The number of nitrogens with zero attached hydrogens (tertiary/aromatic N) is 1. The molecule has 0 spiro atoms. The van der Waals surface area contributed by atoms with Crippen molar-refractivity contribution in [3.05, 3.63) is 29.8 Å². The van der Waals surface area contributed by atoms with Gasteiger partial charge in [-0.05, 0) is 24.3 Å². The van der Waals surface area contributed by atoms with Gasteiger partial charge in [0.05, 0.1) is 18.0 Å². The van der Waals surface area contributed by atoms with Crippen LogP contribution in [0.5, 0.6) is 0 Å². The Balaban J connectivity index is 0.00000364. The summed E-state index contributed by atoms with van der Waals surface area (Å²) >= 11 is 0. The lowest BCUT2D eigenvalue weighted by Crippen LogP contribution is -2.49. The van der Waals surface area contributed by atoms with Crippen LogP contribution in [-0.2, 0) is 19.6 Å². The van der Waals surface area contributed by atoms with E-state index >= 15 is 0 Å². The van der Waals surface area contributed by atoms with E-state index in [-0.39, 0.29) is 48.8 Å². The second-order valence-electron chi connectivity index (χ2n) is 5.71. The van der Waals surface area contributed by atoms with Gasteiger partial charge in [-0.3, -0.25) is 9.59 Å². The van der Waals surface area contributed by atoms with Crippen molar-refractivity contribution in [1.82, 2.24) is 20.3 Å². The van der Waals surface area contributed by atoms with Crippen molar-refractivity contribution in [3.8, 4) is 0 Å². The lowest BCUT2D eigenvalue weighted by Gasteiger charge is -2.25. The number of hydrogen-bond acceptors (Lipinski definition) is 6. The molecule has 0 bridgehead atoms. The first-order valence-electron chi connectivity index (χ1n) is 8.30. The molecule has 1 fully saturated rings. The molecule has 0 unspecified atom stereocenters. The van der Waals surface area contributed by atoms with Gasteiger partial charge in [-0.2, -0.15) is 4.31 Å². The average Bonchev–Trinajstić information content (AvgIpc) is 2.64. The molecule has 2 amide bonds. The van der Waals surface area contributed by atoms with E-state index in [1.165, 1.54) is 24.3 Å². The van der Waals surface area contributed by atoms with Gasteiger partial charge in [-0.15, -0.1) is 12.4 Å². The highest BCUT2D eigenvalue weighted by Crippen LogP contribution is 2.17. The summed E-state index contributed by atoms with van der Waals surface area (Å²) in [4.78, 5) is 23.5. The maximum atomic E-state index is 12.5. The van der Waals surface area contributed by atoms with Gasteiger partial charge in [0.2, 0.25) is 15.9 Å². The SMILES string of the molecule is COCCNCCNC(=O)c1ccc(S(=O)(=O)N2CCNC(=O)C2)cc1.Cl. The Labute approximate surface area is 165 Å². The molecule has 1 aromatic carbocycles. The van der Waals surface area contributed by atoms with Gasteiger partial charge < -0.3 is 20.7 Å². The Kier molecular flexibility index (Phi) is 9.67. The third-order valence-corrected chi connectivity index (χ3v) is 5.69. The predicted molar refractivity (Wildman–Crippen MR) is 103 cm³/mol. The van der Waals surface area contributed by atoms with Crippen LogP contribution in [0.1, 0.15) is 10.4 Å². The first-order chi connectivity index (χ1) is 12.4. The number of nitrogens with one attached hydrogen (secondary N) is 3. The molecule has 1 saturated heterocycles. The number of methoxy groups -OCH3 is 1. The van der Waals surface area contributed by atoms with Crippen molar-refractivity contribution in [3.63, 3.8) is 0 Å². The number of halogens is 1. The molecule has 0 radical (unpaired) electrons. The van der Waals surface area contributed by atoms with Crippen LogP contribution in [0, 0.1) is 0 Å². The highest BCUT2D eigenvalue weighted by molar-refractivity contribution is 7.89. The number of piperazine rings is 1. The molecule has 2 rings (SSSR count). The summed E-state index contributed by atoms with van der Waals surface area (Å²) in [5.41, 5.74) is 0.372. The van der Waals surface area contributed by atoms with E-state index in [2.05, 4.69) is 16.0 Å². The molecule has 27 heavy (non-hydrogen) atoms. The lowest BCUT2D eigenvalue weighted by atomic mass is 10.2. The smallest absolute Gasteiger partial charge is 0.251 e. The fourth-order valence-corrected chi connectivity index (χ4v) is 3.81. The quantitative estimate of drug-likeness (QED) is 0.450. The minimum Gasteiger partial charge on any atom is -0.383 e. The second-order valence-corrected chi connectivity index (χ2v) is 7.65. The summed E-state index contributed by atoms with van der Waals surface area (Å²) < 4.78 is 31.1. The van der Waals surface area contributed by atoms with Gasteiger partial charge in [0.1, 0.15) is 0 Å². The summed E-state index contributed by atoms with van der Waals surface area (Å²) in [6, 6.07) is 5.69. The average molecular weight is 421 g/mol. The topological polar surface area (TPSA) is 117 Å². The molecule has 1 aliphatic rings. The number of carbonyl (C=O) groups excluding carboxylic acids is 2. The number of sulfonamides is 1. The highest BCUT2D eigenvalue weighted by Gasteiger charge is 2.29. The number of carbonyl (C=O) groups is 2. The molecule has 1 aromatic rings. The van der Waals surface area contributed by atoms with Gasteiger partial charge >= 0.3 is 0 Å². The molecule has 11 heteroatoms. The first kappa shape index (κ1) is 23.3. The Morgan fingerprint density at radius 3 is 2.56 bits per heavy atom. The third kappa shape index (κ3) is 6.74. The van der Waals surface area contributed by atoms with E-state index in [1.54, 1.807) is 7.11 Å². The van der Waals surface area contributed by atoms with Gasteiger partial charge in [-0.25, -0.2) is 8.42 Å². The molecular formula is C16H25ClN4O5S. The summed E-state index contributed by atoms with van der Waals surface area (Å²) in [5.74, 6) is -0.602. The van der Waals surface area contributed by atoms with E-state index < -0.39 is 10.0 Å². The zero-order chi connectivity index (χ0) is 19.0. The third-order valence-electron chi connectivity index (χ3n) is 3.83. The van der Waals surface area contributed by atoms with E-state index in [1.807, 2.05) is 0 Å².